The molecule has 2 aliphatic carbocycles. The lowest BCUT2D eigenvalue weighted by atomic mass is 9.65. The summed E-state index contributed by atoms with van der Waals surface area (Å²) in [5.41, 5.74) is 5.74. The number of benzene rings is 2. The predicted molar refractivity (Wildman–Crippen MR) is 136 cm³/mol. The number of hydrogen-bond acceptors (Lipinski definition) is 5. The zero-order valence-corrected chi connectivity index (χ0v) is 20.5. The van der Waals surface area contributed by atoms with E-state index in [0.29, 0.717) is 39.6 Å². The van der Waals surface area contributed by atoms with Crippen molar-refractivity contribution >= 4 is 10.9 Å². The van der Waals surface area contributed by atoms with E-state index in [1.165, 1.54) is 12.1 Å². The third-order valence-corrected chi connectivity index (χ3v) is 8.09. The average molecular weight is 495 g/mol. The molecule has 0 spiro atoms. The van der Waals surface area contributed by atoms with E-state index in [9.17, 15) is 4.39 Å². The molecule has 0 amide bonds. The van der Waals surface area contributed by atoms with Gasteiger partial charge in [0.25, 0.3) is 0 Å². The van der Waals surface area contributed by atoms with Crippen LogP contribution in [-0.4, -0.2) is 20.1 Å². The van der Waals surface area contributed by atoms with Crippen molar-refractivity contribution in [3.63, 3.8) is 0 Å². The Morgan fingerprint density at radius 3 is 2.65 bits per heavy atom. The number of aryl methyl sites for hydroxylation is 1. The Bertz CT molecular complexity index is 1700. The molecular weight excluding hydrogens is 470 g/mol. The zero-order valence-electron chi connectivity index (χ0n) is 20.5. The Morgan fingerprint density at radius 1 is 0.946 bits per heavy atom. The highest BCUT2D eigenvalue weighted by Crippen LogP contribution is 2.51. The Balaban J connectivity index is 1.51. The fourth-order valence-corrected chi connectivity index (χ4v) is 6.37. The highest BCUT2D eigenvalue weighted by molar-refractivity contribution is 5.93. The van der Waals surface area contributed by atoms with Gasteiger partial charge in [-0.3, -0.25) is 0 Å². The van der Waals surface area contributed by atoms with Crippen molar-refractivity contribution in [3.05, 3.63) is 94.6 Å². The van der Waals surface area contributed by atoms with Crippen LogP contribution in [0.5, 0.6) is 0 Å². The Labute approximate surface area is 212 Å². The zero-order chi connectivity index (χ0) is 25.3. The van der Waals surface area contributed by atoms with E-state index in [-0.39, 0.29) is 23.2 Å². The average Bonchev–Trinajstić information content (AvgIpc) is 3.38. The molecule has 0 radical (unpaired) electrons. The van der Waals surface area contributed by atoms with E-state index in [1.807, 2.05) is 25.1 Å². The van der Waals surface area contributed by atoms with Gasteiger partial charge < -0.3 is 4.52 Å². The van der Waals surface area contributed by atoms with Crippen molar-refractivity contribution in [2.75, 3.05) is 0 Å². The molecule has 3 heterocycles. The number of rotatable bonds is 2. The molecule has 2 aliphatic rings. The topological polar surface area (TPSA) is 64.7 Å². The van der Waals surface area contributed by atoms with Gasteiger partial charge in [0.15, 0.2) is 5.82 Å². The first-order valence-electron chi connectivity index (χ1n) is 12.6. The Hall–Kier alpha value is -4.00. The maximum atomic E-state index is 15.2. The minimum atomic E-state index is -0.393. The third kappa shape index (κ3) is 3.40. The van der Waals surface area contributed by atoms with Crippen molar-refractivity contribution < 1.29 is 13.3 Å². The second-order valence-electron chi connectivity index (χ2n) is 10.2. The van der Waals surface area contributed by atoms with Gasteiger partial charge in [-0.1, -0.05) is 36.3 Å². The fraction of sp³-hybridized carbons (Fsp3) is 0.267. The number of pyridine rings is 1. The molecule has 184 valence electrons. The van der Waals surface area contributed by atoms with Crippen LogP contribution in [0.2, 0.25) is 0 Å². The summed E-state index contributed by atoms with van der Waals surface area (Å²) in [5, 5.41) is 4.70. The van der Waals surface area contributed by atoms with Crippen LogP contribution in [0, 0.1) is 24.5 Å². The molecule has 0 fully saturated rings. The summed E-state index contributed by atoms with van der Waals surface area (Å²) in [6, 6.07) is 13.5. The minimum absolute atomic E-state index is 0.129. The van der Waals surface area contributed by atoms with Gasteiger partial charge in [-0.2, -0.15) is 0 Å². The highest BCUT2D eigenvalue weighted by atomic mass is 19.1. The molecule has 0 aliphatic heterocycles. The van der Waals surface area contributed by atoms with E-state index in [2.05, 4.69) is 17.1 Å². The summed E-state index contributed by atoms with van der Waals surface area (Å²) in [6.45, 7) is 4.02. The van der Waals surface area contributed by atoms with Gasteiger partial charge in [0.1, 0.15) is 22.9 Å². The molecule has 7 rings (SSSR count). The molecule has 7 heteroatoms. The van der Waals surface area contributed by atoms with Crippen molar-refractivity contribution in [1.29, 1.82) is 0 Å². The van der Waals surface area contributed by atoms with Crippen LogP contribution >= 0.6 is 0 Å². The van der Waals surface area contributed by atoms with Crippen molar-refractivity contribution in [3.8, 4) is 22.6 Å². The van der Waals surface area contributed by atoms with Gasteiger partial charge in [-0.25, -0.2) is 23.7 Å². The normalized spacial score (nSPS) is 20.4. The van der Waals surface area contributed by atoms with Crippen LogP contribution in [-0.2, 0) is 12.8 Å². The maximum Gasteiger partial charge on any atom is 0.160 e. The summed E-state index contributed by atoms with van der Waals surface area (Å²) >= 11 is 0. The lowest BCUT2D eigenvalue weighted by molar-refractivity contribution is 0.246. The fourth-order valence-electron chi connectivity index (χ4n) is 6.37. The summed E-state index contributed by atoms with van der Waals surface area (Å²) < 4.78 is 35.5. The van der Waals surface area contributed by atoms with Gasteiger partial charge in [0, 0.05) is 45.2 Å². The number of hydrogen-bond donors (Lipinski definition) is 0. The molecule has 0 N–H and O–H groups in total. The number of fused-ring (bicyclic) bond motifs is 5. The number of para-hydroxylation sites is 1. The third-order valence-electron chi connectivity index (χ3n) is 8.09. The largest absolute Gasteiger partial charge is 0.361 e. The van der Waals surface area contributed by atoms with Gasteiger partial charge in [0.2, 0.25) is 0 Å². The molecule has 1 unspecified atom stereocenters. The molecule has 5 aromatic rings. The lowest BCUT2D eigenvalue weighted by Crippen LogP contribution is -2.32. The monoisotopic (exact) mass is 494 g/mol. The summed E-state index contributed by atoms with van der Waals surface area (Å²) in [4.78, 5) is 14.6. The van der Waals surface area contributed by atoms with E-state index in [4.69, 9.17) is 14.5 Å². The quantitative estimate of drug-likeness (QED) is 0.266. The SMILES string of the molecule is Cc1cc(-c2nc(-c3ccccc3F)c3c(n2)C2Cc4cnoc4[C@H](C)[C@H]2CC3)c2cccc(F)c2n1. The first kappa shape index (κ1) is 22.2. The summed E-state index contributed by atoms with van der Waals surface area (Å²) in [6.07, 6.45) is 4.25. The Morgan fingerprint density at radius 2 is 1.78 bits per heavy atom. The van der Waals surface area contributed by atoms with Gasteiger partial charge >= 0.3 is 0 Å². The molecule has 3 atom stereocenters. The van der Waals surface area contributed by atoms with E-state index >= 15 is 4.39 Å². The lowest BCUT2D eigenvalue weighted by Gasteiger charge is -2.39. The molecule has 0 bridgehead atoms. The molecule has 5 nitrogen and oxygen atoms in total. The van der Waals surface area contributed by atoms with Crippen LogP contribution < -0.4 is 0 Å². The number of halogens is 2. The Kier molecular flexibility index (Phi) is 4.96. The highest BCUT2D eigenvalue weighted by Gasteiger charge is 2.42. The van der Waals surface area contributed by atoms with Crippen molar-refractivity contribution in [1.82, 2.24) is 20.1 Å². The molecule has 0 saturated heterocycles. The molecule has 0 saturated carbocycles. The van der Waals surface area contributed by atoms with E-state index in [0.717, 1.165) is 41.8 Å². The van der Waals surface area contributed by atoms with Gasteiger partial charge in [-0.05, 0) is 56.4 Å². The van der Waals surface area contributed by atoms with E-state index in [1.54, 1.807) is 24.4 Å². The van der Waals surface area contributed by atoms with E-state index < -0.39 is 5.82 Å². The van der Waals surface area contributed by atoms with Gasteiger partial charge in [-0.15, -0.1) is 0 Å². The predicted octanol–water partition coefficient (Wildman–Crippen LogP) is 6.94. The summed E-state index contributed by atoms with van der Waals surface area (Å²) in [5.74, 6) is 1.37. The van der Waals surface area contributed by atoms with Crippen LogP contribution in [0.25, 0.3) is 33.5 Å². The van der Waals surface area contributed by atoms with Crippen LogP contribution in [0.1, 0.15) is 53.5 Å². The second kappa shape index (κ2) is 8.26. The standard InChI is InChI=1S/C30H24F2N4O/c1-15-12-23(19-7-5-9-25(32)28(19)34-15)30-35-26(20-6-3-4-8-24(20)31)21-11-10-18-16(2)29-17(14-33-37-29)13-22(18)27(21)36-30/h3-9,12,14,16,18,22H,10-11,13H2,1-2H3/t16-,18-,22?/m1/s1. The van der Waals surface area contributed by atoms with Crippen LogP contribution in [0.15, 0.2) is 59.3 Å². The van der Waals surface area contributed by atoms with Crippen LogP contribution in [0.4, 0.5) is 8.78 Å². The maximum absolute atomic E-state index is 15.2. The number of nitrogens with zero attached hydrogens (tertiary/aromatic N) is 4. The summed E-state index contributed by atoms with van der Waals surface area (Å²) in [7, 11) is 0. The smallest absolute Gasteiger partial charge is 0.160 e. The van der Waals surface area contributed by atoms with Gasteiger partial charge in [0.05, 0.1) is 17.6 Å². The number of aromatic nitrogens is 4. The molecule has 2 aromatic carbocycles. The van der Waals surface area contributed by atoms with Crippen molar-refractivity contribution in [2.24, 2.45) is 5.92 Å². The van der Waals surface area contributed by atoms with Crippen LogP contribution in [0.3, 0.4) is 0 Å². The second-order valence-corrected chi connectivity index (χ2v) is 10.2. The molecule has 3 aromatic heterocycles. The first-order chi connectivity index (χ1) is 18.0. The first-order valence-corrected chi connectivity index (χ1v) is 12.6. The minimum Gasteiger partial charge on any atom is -0.361 e. The molecular formula is C30H24F2N4O. The molecule has 37 heavy (non-hydrogen) atoms. The van der Waals surface area contributed by atoms with Crippen molar-refractivity contribution in [2.45, 2.75) is 44.9 Å².